The van der Waals surface area contributed by atoms with E-state index in [2.05, 4.69) is 73.4 Å². The second kappa shape index (κ2) is 40.1. The van der Waals surface area contributed by atoms with Gasteiger partial charge in [-0.05, 0) is 157 Å². The monoisotopic (exact) mass is 1600 g/mol. The smallest absolute Gasteiger partial charge is 0.744 e. The Morgan fingerprint density at radius 3 is 1.43 bits per heavy atom. The molecule has 0 saturated heterocycles. The zero-order chi connectivity index (χ0) is 74.7. The van der Waals surface area contributed by atoms with Crippen LogP contribution >= 0.6 is 0 Å². The maximum absolute atomic E-state index is 13.5. The molecule has 0 spiro atoms. The van der Waals surface area contributed by atoms with Gasteiger partial charge < -0.3 is 62.1 Å². The number of allylic oxidation sites excluding steroid dienone is 2. The summed E-state index contributed by atoms with van der Waals surface area (Å²) >= 11 is 0. The number of carbonyl (C=O) groups is 2. The first-order chi connectivity index (χ1) is 48.6. The number of aromatic hydroxyl groups is 1. The van der Waals surface area contributed by atoms with Gasteiger partial charge >= 0.3 is 158 Å². The second-order valence-electron chi connectivity index (χ2n) is 20.9. The molecule has 11 rings (SSSR count). The van der Waals surface area contributed by atoms with Crippen molar-refractivity contribution in [3.05, 3.63) is 209 Å². The van der Waals surface area contributed by atoms with E-state index in [-0.39, 0.29) is 199 Å². The molecule has 2 aliphatic carbocycles. The van der Waals surface area contributed by atoms with Gasteiger partial charge in [0, 0.05) is 34.4 Å². The van der Waals surface area contributed by atoms with Crippen molar-refractivity contribution in [2.24, 2.45) is 51.1 Å². The van der Waals surface area contributed by atoms with Crippen LogP contribution in [0.5, 0.6) is 5.75 Å². The summed E-state index contributed by atoms with van der Waals surface area (Å²) < 4.78 is 171. The van der Waals surface area contributed by atoms with Gasteiger partial charge in [-0.15, -0.1) is 49.8 Å². The topological polar surface area (TPSA) is 624 Å². The van der Waals surface area contributed by atoms with Crippen molar-refractivity contribution in [2.75, 3.05) is 44.8 Å². The van der Waals surface area contributed by atoms with Crippen molar-refractivity contribution in [3.63, 3.8) is 0 Å². The first kappa shape index (κ1) is 92.4. The molecule has 0 saturated carbocycles. The Labute approximate surface area is 726 Å². The quantitative estimate of drug-likeness (QED) is 0.00971. The summed E-state index contributed by atoms with van der Waals surface area (Å²) in [5.74, 6) is -1.67. The zero-order valence-electron chi connectivity index (χ0n) is 56.7. The predicted molar refractivity (Wildman–Crippen MR) is 371 cm³/mol. The molecule has 9 aromatic rings. The standard InChI is InChI=1S/C34H26N8O11S3.C28H23N10O4S.5Na.O3S/c35-26-17-24(43)11-13-27(26)40-37-22-8-6-20(7-9-22)36-28-12-10-23(16-31(28)55(48,49)50)39-41-29-18-25-19(14-30(29)54(45,46)47)15-32(56(51,52)53)33(34(25)44)42-38-21-4-2-1-3-5-21;29-16-3-8-23(21(31)11-16)35-33-18-5-1-15-2-7-26(28(39)20(15)13-18)38-34-19-6-10-25(27(14-19)43(40,41)42)37-36-24-9-4-17(30)12-22(24)32;;;;;;1-4(2)3/h1-18,36,38,43H,35H2,(H,45,46,47)(H,48,49,50)(H,51,52,53);1-6,8-14,34H,29-32H2,(H,40,41,42);;;;;;/q;-1;5*+1;/p-4/b40-37?,41-39?,42-33-;35-33?,37-36?,38-26-;;;;;;. The maximum atomic E-state index is 13.5. The van der Waals surface area contributed by atoms with Crippen LogP contribution in [0.2, 0.25) is 0 Å². The van der Waals surface area contributed by atoms with Gasteiger partial charge in [0.25, 0.3) is 0 Å². The molecule has 108 heavy (non-hydrogen) atoms. The Balaban J connectivity index is 0.000000427. The minimum Gasteiger partial charge on any atom is -0.744 e. The Hall–Kier alpha value is -8.00. The van der Waals surface area contributed by atoms with Gasteiger partial charge in [-0.3, -0.25) is 15.6 Å². The van der Waals surface area contributed by atoms with Crippen LogP contribution < -0.4 is 193 Å². The zero-order valence-corrected chi connectivity index (χ0v) is 70.8. The number of nitrogen functional groups attached to an aromatic ring is 5. The van der Waals surface area contributed by atoms with Gasteiger partial charge in [0.1, 0.15) is 80.4 Å². The molecule has 0 aliphatic heterocycles. The first-order valence-corrected chi connectivity index (χ1v) is 35.0. The normalized spacial score (nSPS) is 13.2. The molecule has 0 unspecified atom stereocenters. The SMILES string of the molecule is Nc1cc(O)ccc1N=Nc1ccc(Nc2ccc(N=Nc3cc4c(cc3S(=O)(=O)[O-])C=C(S(=O)(=O)[O-])/C(=N/Nc3ccccc3)C4=O)cc2S(=O)(=O)[O-])cc1.Nc1ccc(N=Nc2ccc3c(c2)C(=O)/C(=N\Nc2ccc(N=Nc4ccc(N)cc4N)c(S(=O)(=O)[O-])c2)[C-]=C3)c(N)c1.O=S(=O)=O.[Na+].[Na+].[Na+].[Na+].[Na+]. The maximum Gasteiger partial charge on any atom is 1.00 e. The number of hydrogen-bond acceptors (Lipinski definition) is 36. The minimum atomic E-state index is -5.40. The molecule has 36 nitrogen and oxygen atoms in total. The molecule has 0 heterocycles. The van der Waals surface area contributed by atoms with E-state index in [0.717, 1.165) is 18.2 Å². The van der Waals surface area contributed by atoms with E-state index in [0.29, 0.717) is 74.5 Å². The number of nitrogens with two attached hydrogens (primary N) is 5. The molecule has 0 bridgehead atoms. The number of rotatable bonds is 18. The number of phenolic OH excluding ortho intramolecular Hbond substituents is 1. The summed E-state index contributed by atoms with van der Waals surface area (Å²) in [5.41, 5.74) is 35.8. The van der Waals surface area contributed by atoms with Gasteiger partial charge in [0.15, 0.2) is 0 Å². The molecule has 0 atom stereocenters. The van der Waals surface area contributed by atoms with Crippen LogP contribution in [0.4, 0.5) is 96.7 Å². The molecule has 0 amide bonds. The Morgan fingerprint density at radius 2 is 0.870 bits per heavy atom. The fourth-order valence-corrected chi connectivity index (χ4v) is 11.5. The number of para-hydroxylation sites is 1. The Bertz CT molecular complexity index is 5830. The average Bonchev–Trinajstić information content (AvgIpc) is 0.749. The van der Waals surface area contributed by atoms with E-state index in [1.807, 2.05) is 0 Å². The number of benzene rings is 9. The third kappa shape index (κ3) is 25.3. The van der Waals surface area contributed by atoms with Crippen LogP contribution in [0.15, 0.2) is 247 Å². The molecular weight excluding hydrogens is 1560 g/mol. The van der Waals surface area contributed by atoms with Crippen molar-refractivity contribution >= 4 is 183 Å². The molecule has 0 aromatic heterocycles. The van der Waals surface area contributed by atoms with Crippen molar-refractivity contribution in [1.82, 2.24) is 0 Å². The van der Waals surface area contributed by atoms with E-state index in [9.17, 15) is 66.6 Å². The number of nitrogens with one attached hydrogen (secondary N) is 3. The van der Waals surface area contributed by atoms with Crippen LogP contribution in [0.1, 0.15) is 31.8 Å². The molecular formula is C62H45N18Na5O18S5. The Morgan fingerprint density at radius 1 is 0.407 bits per heavy atom. The number of ketones is 2. The third-order valence-corrected chi connectivity index (χ3v) is 17.1. The number of carbonyl (C=O) groups excluding carboxylic acids is 2. The number of nitrogens with zero attached hydrogens (tertiary/aromatic N) is 10. The fourth-order valence-electron chi connectivity index (χ4n) is 8.95. The molecule has 0 fully saturated rings. The van der Waals surface area contributed by atoms with Crippen LogP contribution in [-0.2, 0) is 51.1 Å². The predicted octanol–water partition coefficient (Wildman–Crippen LogP) is -4.85. The van der Waals surface area contributed by atoms with E-state index in [1.165, 1.54) is 97.1 Å². The number of hydrogen-bond donors (Lipinski definition) is 9. The third-order valence-electron chi connectivity index (χ3n) is 13.7. The summed E-state index contributed by atoms with van der Waals surface area (Å²) in [6.07, 6.45) is 5.03. The van der Waals surface area contributed by atoms with Gasteiger partial charge in [-0.1, -0.05) is 23.8 Å². The van der Waals surface area contributed by atoms with Crippen molar-refractivity contribution in [3.8, 4) is 5.75 Å². The number of phenols is 1. The van der Waals surface area contributed by atoms with E-state index in [1.54, 1.807) is 60.7 Å². The van der Waals surface area contributed by atoms with Crippen molar-refractivity contribution < 1.29 is 227 Å². The second-order valence-corrected chi connectivity index (χ2v) is 26.7. The summed E-state index contributed by atoms with van der Waals surface area (Å²) in [6.45, 7) is 0. The van der Waals surface area contributed by atoms with Gasteiger partial charge in [-0.25, -0.2) is 33.7 Å². The molecule has 46 heteroatoms. The van der Waals surface area contributed by atoms with Crippen molar-refractivity contribution in [1.29, 1.82) is 0 Å². The number of fused-ring (bicyclic) bond motifs is 2. The van der Waals surface area contributed by atoms with E-state index >= 15 is 0 Å². The molecule has 9 aromatic carbocycles. The summed E-state index contributed by atoms with van der Waals surface area (Å²) in [4.78, 5) is 23.0. The molecule has 526 valence electrons. The van der Waals surface area contributed by atoms with Gasteiger partial charge in [0.2, 0.25) is 5.78 Å². The van der Waals surface area contributed by atoms with Crippen LogP contribution in [0.25, 0.3) is 12.2 Å². The van der Waals surface area contributed by atoms with Crippen LogP contribution in [0.3, 0.4) is 0 Å². The van der Waals surface area contributed by atoms with E-state index in [4.69, 9.17) is 41.3 Å². The molecule has 14 N–H and O–H groups in total. The van der Waals surface area contributed by atoms with Crippen LogP contribution in [-0.4, -0.2) is 92.6 Å². The van der Waals surface area contributed by atoms with E-state index < -0.39 is 105 Å². The van der Waals surface area contributed by atoms with Gasteiger partial charge in [0.05, 0.1) is 76.6 Å². The summed E-state index contributed by atoms with van der Waals surface area (Å²) in [7, 11) is -24.0. The molecule has 2 aliphatic rings. The summed E-state index contributed by atoms with van der Waals surface area (Å²) in [6, 6.07) is 40.7. The number of Topliss-reactive ketones (excluding diaryl/α,β-unsaturated/α-hetero) is 2. The van der Waals surface area contributed by atoms with Crippen LogP contribution in [0, 0.1) is 6.08 Å². The van der Waals surface area contributed by atoms with Crippen molar-refractivity contribution in [2.45, 2.75) is 14.7 Å². The largest absolute Gasteiger partial charge is 1.00 e. The summed E-state index contributed by atoms with van der Waals surface area (Å²) in [5, 5.41) is 51.8. The van der Waals surface area contributed by atoms with Gasteiger partial charge in [-0.2, -0.15) is 37.7 Å². The number of anilines is 9. The number of hydrazone groups is 2. The Kier molecular flexibility index (Phi) is 34.3. The molecule has 0 radical (unpaired) electrons. The first-order valence-electron chi connectivity index (χ1n) is 28.3. The average molecular weight is 1610 g/mol. The minimum absolute atomic E-state index is 0. The number of azo groups is 4. The fraction of sp³-hybridized carbons (Fsp3) is 0.